The van der Waals surface area contributed by atoms with Crippen LogP contribution in [0.2, 0.25) is 4.34 Å². The molecule has 6 nitrogen and oxygen atoms in total. The predicted octanol–water partition coefficient (Wildman–Crippen LogP) is 2.60. The first kappa shape index (κ1) is 19.9. The second-order valence-corrected chi connectivity index (χ2v) is 8.85. The number of methoxy groups -OCH3 is 1. The van der Waals surface area contributed by atoms with Gasteiger partial charge in [-0.05, 0) is 30.3 Å². The maximum atomic E-state index is 12.6. The quantitative estimate of drug-likeness (QED) is 0.688. The zero-order chi connectivity index (χ0) is 18.4. The fourth-order valence-corrected chi connectivity index (χ4v) is 4.32. The van der Waals surface area contributed by atoms with Crippen molar-refractivity contribution in [2.24, 2.45) is 0 Å². The highest BCUT2D eigenvalue weighted by atomic mass is 35.5. The standard InChI is InChI=1S/C16H19ClN2O4S2/c1-19(11-13-6-7-15(17)24-13)16(20)12-4-3-5-14(10-12)25(21,22)18-8-9-23-2/h3-7,10,18H,8-9,11H2,1-2H3. The maximum Gasteiger partial charge on any atom is 0.253 e. The number of hydrogen-bond acceptors (Lipinski definition) is 5. The number of amides is 1. The summed E-state index contributed by atoms with van der Waals surface area (Å²) in [7, 11) is -0.535. The Hall–Kier alpha value is -1.45. The van der Waals surface area contributed by atoms with Crippen molar-refractivity contribution in [2.75, 3.05) is 27.3 Å². The van der Waals surface area contributed by atoms with Gasteiger partial charge >= 0.3 is 0 Å². The van der Waals surface area contributed by atoms with Gasteiger partial charge in [0.25, 0.3) is 5.91 Å². The van der Waals surface area contributed by atoms with Gasteiger partial charge in [0.15, 0.2) is 0 Å². The van der Waals surface area contributed by atoms with E-state index in [9.17, 15) is 13.2 Å². The molecule has 0 atom stereocenters. The minimum Gasteiger partial charge on any atom is -0.383 e. The average molecular weight is 403 g/mol. The summed E-state index contributed by atoms with van der Waals surface area (Å²) in [6, 6.07) is 9.60. The van der Waals surface area contributed by atoms with Gasteiger partial charge in [0.2, 0.25) is 10.0 Å². The number of thiophene rings is 1. The molecule has 0 aliphatic rings. The van der Waals surface area contributed by atoms with Crippen LogP contribution in [0.25, 0.3) is 0 Å². The zero-order valence-electron chi connectivity index (χ0n) is 13.9. The monoisotopic (exact) mass is 402 g/mol. The maximum absolute atomic E-state index is 12.6. The van der Waals surface area contributed by atoms with Crippen LogP contribution in [0.15, 0.2) is 41.3 Å². The van der Waals surface area contributed by atoms with E-state index in [0.29, 0.717) is 16.4 Å². The molecule has 0 aliphatic heterocycles. The Labute approximate surface area is 156 Å². The Morgan fingerprint density at radius 1 is 1.32 bits per heavy atom. The van der Waals surface area contributed by atoms with Crippen LogP contribution in [0.4, 0.5) is 0 Å². The van der Waals surface area contributed by atoms with Crippen molar-refractivity contribution in [1.82, 2.24) is 9.62 Å². The SMILES string of the molecule is COCCNS(=O)(=O)c1cccc(C(=O)N(C)Cc2ccc(Cl)s2)c1. The largest absolute Gasteiger partial charge is 0.383 e. The van der Waals surface area contributed by atoms with Crippen molar-refractivity contribution in [3.05, 3.63) is 51.2 Å². The predicted molar refractivity (Wildman–Crippen MR) is 98.6 cm³/mol. The molecular formula is C16H19ClN2O4S2. The highest BCUT2D eigenvalue weighted by molar-refractivity contribution is 7.89. The fraction of sp³-hybridized carbons (Fsp3) is 0.312. The average Bonchev–Trinajstić information content (AvgIpc) is 2.99. The molecule has 0 bridgehead atoms. The van der Waals surface area contributed by atoms with Gasteiger partial charge in [0.1, 0.15) is 0 Å². The third kappa shape index (κ3) is 5.52. The van der Waals surface area contributed by atoms with Crippen molar-refractivity contribution in [3.8, 4) is 0 Å². The highest BCUT2D eigenvalue weighted by Gasteiger charge is 2.18. The van der Waals surface area contributed by atoms with Crippen molar-refractivity contribution in [1.29, 1.82) is 0 Å². The first-order valence-corrected chi connectivity index (χ1v) is 10.1. The van der Waals surface area contributed by atoms with E-state index < -0.39 is 10.0 Å². The van der Waals surface area contributed by atoms with Crippen LogP contribution in [0.3, 0.4) is 0 Å². The van der Waals surface area contributed by atoms with E-state index >= 15 is 0 Å². The van der Waals surface area contributed by atoms with Gasteiger partial charge in [-0.2, -0.15) is 0 Å². The van der Waals surface area contributed by atoms with Crippen LogP contribution in [0, 0.1) is 0 Å². The van der Waals surface area contributed by atoms with Gasteiger partial charge in [-0.1, -0.05) is 17.7 Å². The molecule has 2 rings (SSSR count). The van der Waals surface area contributed by atoms with Crippen LogP contribution in [0.1, 0.15) is 15.2 Å². The van der Waals surface area contributed by atoms with Crippen molar-refractivity contribution >= 4 is 38.9 Å². The van der Waals surface area contributed by atoms with E-state index in [4.69, 9.17) is 16.3 Å². The molecule has 1 aromatic heterocycles. The van der Waals surface area contributed by atoms with Crippen LogP contribution in [-0.4, -0.2) is 46.5 Å². The summed E-state index contributed by atoms with van der Waals surface area (Å²) in [6.07, 6.45) is 0. The molecule has 136 valence electrons. The molecule has 0 radical (unpaired) electrons. The molecular weight excluding hydrogens is 384 g/mol. The molecule has 2 aromatic rings. The lowest BCUT2D eigenvalue weighted by atomic mass is 10.2. The normalized spacial score (nSPS) is 11.5. The first-order chi connectivity index (χ1) is 11.8. The van der Waals surface area contributed by atoms with Gasteiger partial charge in [0, 0.05) is 31.1 Å². The number of halogens is 1. The second-order valence-electron chi connectivity index (χ2n) is 5.29. The fourth-order valence-electron chi connectivity index (χ4n) is 2.12. The molecule has 1 amide bonds. The van der Waals surface area contributed by atoms with E-state index in [1.807, 2.05) is 6.07 Å². The molecule has 25 heavy (non-hydrogen) atoms. The Balaban J connectivity index is 2.12. The lowest BCUT2D eigenvalue weighted by Gasteiger charge is -2.17. The summed E-state index contributed by atoms with van der Waals surface area (Å²) in [6.45, 7) is 0.833. The highest BCUT2D eigenvalue weighted by Crippen LogP contribution is 2.23. The number of carbonyl (C=O) groups excluding carboxylic acids is 1. The van der Waals surface area contributed by atoms with Crippen LogP contribution < -0.4 is 4.72 Å². The summed E-state index contributed by atoms with van der Waals surface area (Å²) >= 11 is 7.30. The molecule has 0 saturated carbocycles. The second kappa shape index (κ2) is 8.77. The molecule has 0 spiro atoms. The summed E-state index contributed by atoms with van der Waals surface area (Å²) in [5.74, 6) is -0.265. The molecule has 0 fully saturated rings. The van der Waals surface area contributed by atoms with E-state index in [0.717, 1.165) is 4.88 Å². The lowest BCUT2D eigenvalue weighted by molar-refractivity contribution is 0.0786. The Morgan fingerprint density at radius 3 is 2.72 bits per heavy atom. The minimum absolute atomic E-state index is 0.0435. The van der Waals surface area contributed by atoms with Gasteiger partial charge < -0.3 is 9.64 Å². The number of rotatable bonds is 8. The molecule has 0 saturated heterocycles. The number of benzene rings is 1. The van der Waals surface area contributed by atoms with Crippen molar-refractivity contribution in [3.63, 3.8) is 0 Å². The Kier molecular flexibility index (Phi) is 6.97. The van der Waals surface area contributed by atoms with Gasteiger partial charge in [-0.15, -0.1) is 11.3 Å². The first-order valence-electron chi connectivity index (χ1n) is 7.42. The summed E-state index contributed by atoms with van der Waals surface area (Å²) in [4.78, 5) is 15.1. The Morgan fingerprint density at radius 2 is 2.08 bits per heavy atom. The van der Waals surface area contributed by atoms with Crippen molar-refractivity contribution < 1.29 is 17.9 Å². The number of ether oxygens (including phenoxy) is 1. The topological polar surface area (TPSA) is 75.7 Å². The smallest absolute Gasteiger partial charge is 0.253 e. The summed E-state index contributed by atoms with van der Waals surface area (Å²) in [5, 5.41) is 0. The number of carbonyl (C=O) groups is 1. The van der Waals surface area contributed by atoms with E-state index in [1.54, 1.807) is 25.2 Å². The van der Waals surface area contributed by atoms with Crippen LogP contribution in [0.5, 0.6) is 0 Å². The van der Waals surface area contributed by atoms with Crippen LogP contribution in [-0.2, 0) is 21.3 Å². The van der Waals surface area contributed by atoms with Crippen LogP contribution >= 0.6 is 22.9 Å². The number of nitrogens with one attached hydrogen (secondary N) is 1. The lowest BCUT2D eigenvalue weighted by Crippen LogP contribution is -2.28. The zero-order valence-corrected chi connectivity index (χ0v) is 16.2. The minimum atomic E-state index is -3.69. The molecule has 0 unspecified atom stereocenters. The van der Waals surface area contributed by atoms with Crippen molar-refractivity contribution in [2.45, 2.75) is 11.4 Å². The summed E-state index contributed by atoms with van der Waals surface area (Å²) in [5.41, 5.74) is 0.305. The molecule has 1 N–H and O–H groups in total. The third-order valence-electron chi connectivity index (χ3n) is 3.36. The van der Waals surface area contributed by atoms with E-state index in [-0.39, 0.29) is 24.0 Å². The molecule has 1 aromatic carbocycles. The molecule has 1 heterocycles. The molecule has 9 heteroatoms. The van der Waals surface area contributed by atoms with E-state index in [1.165, 1.54) is 35.5 Å². The van der Waals surface area contributed by atoms with Gasteiger partial charge in [0.05, 0.1) is 22.4 Å². The van der Waals surface area contributed by atoms with Gasteiger partial charge in [-0.25, -0.2) is 13.1 Å². The number of nitrogens with zero attached hydrogens (tertiary/aromatic N) is 1. The number of hydrogen-bond donors (Lipinski definition) is 1. The third-order valence-corrected chi connectivity index (χ3v) is 6.03. The number of sulfonamides is 1. The van der Waals surface area contributed by atoms with Gasteiger partial charge in [-0.3, -0.25) is 4.79 Å². The van der Waals surface area contributed by atoms with E-state index in [2.05, 4.69) is 4.72 Å². The summed E-state index contributed by atoms with van der Waals surface area (Å²) < 4.78 is 32.4. The Bertz CT molecular complexity index is 836. The molecule has 0 aliphatic carbocycles.